The summed E-state index contributed by atoms with van der Waals surface area (Å²) >= 11 is 5.68. The predicted molar refractivity (Wildman–Crippen MR) is 138 cm³/mol. The highest BCUT2D eigenvalue weighted by atomic mass is 32.1. The van der Waals surface area contributed by atoms with Crippen molar-refractivity contribution in [3.8, 4) is 11.8 Å². The molecule has 4 fully saturated rings. The van der Waals surface area contributed by atoms with Crippen LogP contribution >= 0.6 is 12.2 Å². The van der Waals surface area contributed by atoms with Gasteiger partial charge in [0.2, 0.25) is 0 Å². The molecule has 1 atom stereocenters. The molecule has 0 unspecified atom stereocenters. The van der Waals surface area contributed by atoms with Crippen LogP contribution in [0.5, 0.6) is 5.75 Å². The molecule has 0 bridgehead atoms. The minimum absolute atomic E-state index is 0.0910. The maximum atomic E-state index is 13.6. The van der Waals surface area contributed by atoms with Gasteiger partial charge in [0.05, 0.1) is 17.4 Å². The maximum Gasteiger partial charge on any atom is 0.419 e. The number of nitrogens with one attached hydrogen (secondary N) is 1. The number of ether oxygens (including phenoxy) is 1. The van der Waals surface area contributed by atoms with Gasteiger partial charge >= 0.3 is 6.18 Å². The van der Waals surface area contributed by atoms with Gasteiger partial charge in [-0.1, -0.05) is 0 Å². The van der Waals surface area contributed by atoms with Crippen molar-refractivity contribution in [2.75, 3.05) is 16.3 Å². The van der Waals surface area contributed by atoms with Gasteiger partial charge in [0.1, 0.15) is 23.5 Å². The summed E-state index contributed by atoms with van der Waals surface area (Å²) in [6, 6.07) is 9.65. The zero-order valence-electron chi connectivity index (χ0n) is 20.6. The van der Waals surface area contributed by atoms with Crippen LogP contribution in [0.1, 0.15) is 62.6 Å². The van der Waals surface area contributed by atoms with E-state index in [9.17, 15) is 18.0 Å². The number of nitrogens with zero attached hydrogens (tertiary/aromatic N) is 4. The third-order valence-electron chi connectivity index (χ3n) is 8.43. The number of nitriles is 1. The van der Waals surface area contributed by atoms with Crippen molar-refractivity contribution in [1.82, 2.24) is 10.3 Å². The monoisotopic (exact) mass is 541 g/mol. The van der Waals surface area contributed by atoms with E-state index in [4.69, 9.17) is 22.2 Å². The van der Waals surface area contributed by atoms with Gasteiger partial charge in [-0.15, -0.1) is 0 Å². The molecule has 2 saturated carbocycles. The first-order valence-electron chi connectivity index (χ1n) is 12.8. The fraction of sp³-hybridized carbons (Fsp3) is 0.481. The summed E-state index contributed by atoms with van der Waals surface area (Å²) in [5, 5.41) is 12.8. The average molecular weight is 542 g/mol. The number of aromatic nitrogens is 1. The maximum absolute atomic E-state index is 13.6. The summed E-state index contributed by atoms with van der Waals surface area (Å²) in [4.78, 5) is 20.2. The molecular weight excluding hydrogens is 515 g/mol. The molecule has 7 nitrogen and oxygen atoms in total. The first-order valence-corrected chi connectivity index (χ1v) is 13.2. The lowest BCUT2D eigenvalue weighted by molar-refractivity contribution is -0.138. The van der Waals surface area contributed by atoms with Crippen molar-refractivity contribution in [1.29, 1.82) is 5.26 Å². The van der Waals surface area contributed by atoms with Crippen molar-refractivity contribution in [3.63, 3.8) is 0 Å². The van der Waals surface area contributed by atoms with Gasteiger partial charge in [-0.3, -0.25) is 9.69 Å². The number of piperidine rings is 1. The van der Waals surface area contributed by atoms with Crippen molar-refractivity contribution in [3.05, 3.63) is 47.8 Å². The lowest BCUT2D eigenvalue weighted by Crippen LogP contribution is -2.57. The number of carbonyl (C=O) groups is 1. The van der Waals surface area contributed by atoms with Crippen LogP contribution in [-0.2, 0) is 11.0 Å². The largest absolute Gasteiger partial charge is 0.490 e. The van der Waals surface area contributed by atoms with Gasteiger partial charge < -0.3 is 15.0 Å². The number of hydrogen-bond donors (Lipinski definition) is 1. The number of benzene rings is 1. The quantitative estimate of drug-likeness (QED) is 0.541. The van der Waals surface area contributed by atoms with Crippen LogP contribution < -0.4 is 19.9 Å². The summed E-state index contributed by atoms with van der Waals surface area (Å²) in [5.41, 5.74) is -2.10. The Labute approximate surface area is 223 Å². The van der Waals surface area contributed by atoms with E-state index >= 15 is 0 Å². The summed E-state index contributed by atoms with van der Waals surface area (Å²) < 4.78 is 47.1. The van der Waals surface area contributed by atoms with Gasteiger partial charge in [0, 0.05) is 17.6 Å². The number of hydrogen-bond acceptors (Lipinski definition) is 6. The molecule has 3 heterocycles. The van der Waals surface area contributed by atoms with E-state index in [-0.39, 0.29) is 28.3 Å². The van der Waals surface area contributed by atoms with E-state index in [0.717, 1.165) is 48.7 Å². The predicted octanol–water partition coefficient (Wildman–Crippen LogP) is 5.09. The third-order valence-corrected chi connectivity index (χ3v) is 8.79. The van der Waals surface area contributed by atoms with E-state index in [1.165, 1.54) is 25.3 Å². The highest BCUT2D eigenvalue weighted by Crippen LogP contribution is 2.48. The zero-order valence-corrected chi connectivity index (χ0v) is 21.4. The van der Waals surface area contributed by atoms with Gasteiger partial charge in [-0.05, 0) is 94.0 Å². The number of rotatable bonds is 4. The molecule has 1 aromatic heterocycles. The fourth-order valence-electron chi connectivity index (χ4n) is 6.15. The summed E-state index contributed by atoms with van der Waals surface area (Å²) in [7, 11) is 0. The second-order valence-electron chi connectivity index (χ2n) is 10.6. The molecule has 2 spiro atoms. The Morgan fingerprint density at radius 2 is 1.84 bits per heavy atom. The van der Waals surface area contributed by atoms with Crippen LogP contribution in [-0.4, -0.2) is 39.7 Å². The Kier molecular flexibility index (Phi) is 5.88. The van der Waals surface area contributed by atoms with Gasteiger partial charge in [-0.25, -0.2) is 4.98 Å². The number of halogens is 3. The molecule has 4 aliphatic rings. The lowest BCUT2D eigenvalue weighted by atomic mass is 9.71. The standard InChI is InChI=1S/C27H26F3N5O2S/c28-27(29,30)21-13-18(16-32-22(21)15-31)34-23(36)26(10-2-11-26)35(24(34)38)17-3-5-19(6-4-17)37-20-7-12-33-25(14-20)8-1-9-25/h3-6,13,16,20,33H,1-2,7-12,14H2/t20-/m1/s1. The number of anilines is 2. The molecular formula is C27H26F3N5O2S. The SMILES string of the molecule is N#Cc1ncc(N2C(=O)C3(CCC3)N(c3ccc(O[C@@H]4CCNC5(CCC5)C4)cc3)C2=S)cc1C(F)(F)F. The van der Waals surface area contributed by atoms with Crippen molar-refractivity contribution in [2.45, 2.75) is 74.7 Å². The number of carbonyl (C=O) groups excluding carboxylic acids is 1. The number of amides is 1. The highest BCUT2D eigenvalue weighted by molar-refractivity contribution is 7.81. The molecule has 2 aromatic rings. The minimum Gasteiger partial charge on any atom is -0.490 e. The topological polar surface area (TPSA) is 81.5 Å². The van der Waals surface area contributed by atoms with Crippen LogP contribution in [0.2, 0.25) is 0 Å². The highest BCUT2D eigenvalue weighted by Gasteiger charge is 2.59. The molecule has 6 rings (SSSR count). The smallest absolute Gasteiger partial charge is 0.419 e. The Balaban J connectivity index is 1.26. The van der Waals surface area contributed by atoms with Crippen LogP contribution in [0, 0.1) is 11.3 Å². The third kappa shape index (κ3) is 3.93. The Morgan fingerprint density at radius 1 is 1.13 bits per heavy atom. The first kappa shape index (κ1) is 25.1. The van der Waals surface area contributed by atoms with Crippen LogP contribution in [0.25, 0.3) is 0 Å². The molecule has 198 valence electrons. The minimum atomic E-state index is -4.80. The number of thiocarbonyl (C=S) groups is 1. The molecule has 2 aliphatic carbocycles. The number of alkyl halides is 3. The van der Waals surface area contributed by atoms with E-state index in [1.54, 1.807) is 4.90 Å². The van der Waals surface area contributed by atoms with Crippen LogP contribution in [0.15, 0.2) is 36.5 Å². The van der Waals surface area contributed by atoms with E-state index in [1.807, 2.05) is 24.3 Å². The zero-order chi connectivity index (χ0) is 26.7. The van der Waals surface area contributed by atoms with E-state index in [2.05, 4.69) is 10.3 Å². The molecule has 11 heteroatoms. The molecule has 1 amide bonds. The molecule has 0 radical (unpaired) electrons. The summed E-state index contributed by atoms with van der Waals surface area (Å²) in [5.74, 6) is 0.353. The lowest BCUT2D eigenvalue weighted by Gasteiger charge is -2.48. The molecule has 2 saturated heterocycles. The normalized spacial score (nSPS) is 23.8. The van der Waals surface area contributed by atoms with Gasteiger partial charge in [-0.2, -0.15) is 18.4 Å². The van der Waals surface area contributed by atoms with E-state index in [0.29, 0.717) is 18.5 Å². The Morgan fingerprint density at radius 3 is 2.42 bits per heavy atom. The summed E-state index contributed by atoms with van der Waals surface area (Å²) in [6.07, 6.45) is 3.84. The first-order chi connectivity index (χ1) is 18.2. The number of pyridine rings is 1. The molecule has 38 heavy (non-hydrogen) atoms. The average Bonchev–Trinajstić information content (AvgIpc) is 3.09. The van der Waals surface area contributed by atoms with Gasteiger partial charge in [0.25, 0.3) is 5.91 Å². The fourth-order valence-corrected chi connectivity index (χ4v) is 6.62. The molecule has 2 aliphatic heterocycles. The van der Waals surface area contributed by atoms with Crippen molar-refractivity contribution >= 4 is 34.6 Å². The van der Waals surface area contributed by atoms with Crippen LogP contribution in [0.4, 0.5) is 24.5 Å². The summed E-state index contributed by atoms with van der Waals surface area (Å²) in [6.45, 7) is 0.936. The van der Waals surface area contributed by atoms with Crippen molar-refractivity contribution in [2.24, 2.45) is 0 Å². The second kappa shape index (κ2) is 8.92. The molecule has 1 aromatic carbocycles. The van der Waals surface area contributed by atoms with E-state index < -0.39 is 23.0 Å². The van der Waals surface area contributed by atoms with Gasteiger partial charge in [0.15, 0.2) is 10.8 Å². The van der Waals surface area contributed by atoms with Crippen LogP contribution in [0.3, 0.4) is 0 Å². The second-order valence-corrected chi connectivity index (χ2v) is 11.0. The Bertz CT molecular complexity index is 1330. The van der Waals surface area contributed by atoms with Crippen molar-refractivity contribution < 1.29 is 22.7 Å². The Hall–Kier alpha value is -3.23. The molecule has 1 N–H and O–H groups in total.